The molecule has 0 radical (unpaired) electrons. The molecule has 2 heterocycles. The maximum absolute atomic E-state index is 12.3. The summed E-state index contributed by atoms with van der Waals surface area (Å²) in [4.78, 5) is 21.0. The molecule has 1 N–H and O–H groups in total. The first-order valence-corrected chi connectivity index (χ1v) is 9.70. The van der Waals surface area contributed by atoms with Gasteiger partial charge < -0.3 is 4.42 Å². The van der Waals surface area contributed by atoms with E-state index in [-0.39, 0.29) is 11.2 Å². The van der Waals surface area contributed by atoms with Crippen LogP contribution in [0.15, 0.2) is 45.3 Å². The fourth-order valence-electron chi connectivity index (χ4n) is 2.26. The van der Waals surface area contributed by atoms with Crippen molar-refractivity contribution < 1.29 is 9.21 Å². The minimum atomic E-state index is -0.141. The van der Waals surface area contributed by atoms with Crippen LogP contribution in [0.1, 0.15) is 46.7 Å². The van der Waals surface area contributed by atoms with Crippen LogP contribution >= 0.6 is 23.1 Å². The fraction of sp³-hybridized carbons (Fsp3) is 0.278. The summed E-state index contributed by atoms with van der Waals surface area (Å²) in [6, 6.07) is 7.50. The van der Waals surface area contributed by atoms with Crippen LogP contribution in [0.4, 0.5) is 5.13 Å². The summed E-state index contributed by atoms with van der Waals surface area (Å²) >= 11 is 3.06. The summed E-state index contributed by atoms with van der Waals surface area (Å²) in [6.45, 7) is 6.00. The Morgan fingerprint density at radius 1 is 1.32 bits per heavy atom. The molecule has 0 spiro atoms. The molecule has 0 saturated carbocycles. The second kappa shape index (κ2) is 7.84. The normalized spacial score (nSPS) is 12.1. The molecule has 3 aromatic rings. The number of anilines is 1. The zero-order valence-corrected chi connectivity index (χ0v) is 15.9. The molecule has 1 atom stereocenters. The molecule has 5 nitrogen and oxygen atoms in total. The number of aromatic nitrogens is 2. The van der Waals surface area contributed by atoms with Crippen LogP contribution in [0.3, 0.4) is 0 Å². The summed E-state index contributed by atoms with van der Waals surface area (Å²) in [5, 5.41) is 3.53. The summed E-state index contributed by atoms with van der Waals surface area (Å²) in [6.07, 6.45) is 4.37. The van der Waals surface area contributed by atoms with Crippen molar-refractivity contribution in [3.63, 3.8) is 0 Å². The number of benzene rings is 1. The number of hydrogen-bond acceptors (Lipinski definition) is 6. The van der Waals surface area contributed by atoms with E-state index >= 15 is 0 Å². The number of nitrogens with one attached hydrogen (secondary N) is 1. The largest absolute Gasteiger partial charge is 0.445 e. The van der Waals surface area contributed by atoms with E-state index in [1.807, 2.05) is 45.0 Å². The van der Waals surface area contributed by atoms with Crippen molar-refractivity contribution in [1.82, 2.24) is 9.97 Å². The highest BCUT2D eigenvalue weighted by atomic mass is 32.2. The summed E-state index contributed by atoms with van der Waals surface area (Å²) in [7, 11) is 0. The fourth-order valence-corrected chi connectivity index (χ4v) is 4.34. The number of carbonyl (C=O) groups excluding carboxylic acids is 1. The third-order valence-corrected chi connectivity index (χ3v) is 5.79. The van der Waals surface area contributed by atoms with Crippen LogP contribution in [-0.2, 0) is 6.42 Å². The molecule has 0 bridgehead atoms. The van der Waals surface area contributed by atoms with Gasteiger partial charge >= 0.3 is 0 Å². The van der Waals surface area contributed by atoms with Crippen LogP contribution < -0.4 is 5.32 Å². The zero-order chi connectivity index (χ0) is 17.8. The topological polar surface area (TPSA) is 68.0 Å². The van der Waals surface area contributed by atoms with Gasteiger partial charge in [-0.2, -0.15) is 0 Å². The molecule has 1 unspecified atom stereocenters. The highest BCUT2D eigenvalue weighted by molar-refractivity contribution is 8.01. The van der Waals surface area contributed by atoms with Gasteiger partial charge in [0.2, 0.25) is 5.89 Å². The Kier molecular flexibility index (Phi) is 5.55. The van der Waals surface area contributed by atoms with Crippen molar-refractivity contribution in [1.29, 1.82) is 0 Å². The Labute approximate surface area is 154 Å². The van der Waals surface area contributed by atoms with E-state index in [1.54, 1.807) is 24.2 Å². The quantitative estimate of drug-likeness (QED) is 0.608. The van der Waals surface area contributed by atoms with Gasteiger partial charge in [-0.05, 0) is 25.5 Å². The lowest BCUT2D eigenvalue weighted by atomic mass is 10.1. The zero-order valence-electron chi connectivity index (χ0n) is 14.3. The van der Waals surface area contributed by atoms with Crippen LogP contribution in [0.2, 0.25) is 0 Å². The van der Waals surface area contributed by atoms with Gasteiger partial charge in [-0.25, -0.2) is 9.97 Å². The van der Waals surface area contributed by atoms with Gasteiger partial charge in [-0.3, -0.25) is 10.1 Å². The van der Waals surface area contributed by atoms with E-state index in [9.17, 15) is 4.79 Å². The van der Waals surface area contributed by atoms with Crippen molar-refractivity contribution in [3.05, 3.63) is 59.4 Å². The SMILES string of the molecule is CCc1cnc(C(C)Sc2cnc(NC(=O)c3ccccc3C)s2)o1. The molecule has 0 saturated heterocycles. The van der Waals surface area contributed by atoms with Crippen LogP contribution in [0.5, 0.6) is 0 Å². The number of aryl methyl sites for hydroxylation is 2. The van der Waals surface area contributed by atoms with E-state index in [0.717, 1.165) is 22.0 Å². The Bertz CT molecular complexity index is 873. The van der Waals surface area contributed by atoms with Crippen LogP contribution in [0, 0.1) is 6.92 Å². The lowest BCUT2D eigenvalue weighted by Crippen LogP contribution is -2.12. The average molecular weight is 374 g/mol. The van der Waals surface area contributed by atoms with Gasteiger partial charge in [-0.1, -0.05) is 36.5 Å². The maximum atomic E-state index is 12.3. The lowest BCUT2D eigenvalue weighted by Gasteiger charge is -2.05. The molecule has 3 rings (SSSR count). The Morgan fingerprint density at radius 2 is 2.12 bits per heavy atom. The van der Waals surface area contributed by atoms with E-state index < -0.39 is 0 Å². The van der Waals surface area contributed by atoms with Crippen molar-refractivity contribution in [2.24, 2.45) is 0 Å². The number of amides is 1. The molecule has 130 valence electrons. The van der Waals surface area contributed by atoms with E-state index in [0.29, 0.717) is 16.6 Å². The van der Waals surface area contributed by atoms with Gasteiger partial charge in [0.15, 0.2) is 5.13 Å². The second-order valence-electron chi connectivity index (χ2n) is 5.53. The Morgan fingerprint density at radius 3 is 2.84 bits per heavy atom. The van der Waals surface area contributed by atoms with Crippen LogP contribution in [0.25, 0.3) is 0 Å². The average Bonchev–Trinajstić information content (AvgIpc) is 3.24. The smallest absolute Gasteiger partial charge is 0.257 e. The Balaban J connectivity index is 1.64. The molecule has 7 heteroatoms. The number of oxazole rings is 1. The van der Waals surface area contributed by atoms with E-state index in [2.05, 4.69) is 15.3 Å². The first-order valence-electron chi connectivity index (χ1n) is 8.01. The standard InChI is InChI=1S/C18H19N3O2S2/c1-4-13-9-19-17(23-13)12(3)24-15-10-20-18(25-15)21-16(22)14-8-6-5-7-11(14)2/h5-10,12H,4H2,1-3H3,(H,20,21,22). The van der Waals surface area contributed by atoms with E-state index in [1.165, 1.54) is 11.3 Å². The molecule has 0 aliphatic rings. The third-order valence-electron chi connectivity index (χ3n) is 3.66. The van der Waals surface area contributed by atoms with Crippen molar-refractivity contribution >= 4 is 34.1 Å². The lowest BCUT2D eigenvalue weighted by molar-refractivity contribution is 0.102. The molecule has 25 heavy (non-hydrogen) atoms. The van der Waals surface area contributed by atoms with Crippen LogP contribution in [-0.4, -0.2) is 15.9 Å². The summed E-state index contributed by atoms with van der Waals surface area (Å²) < 4.78 is 6.70. The predicted molar refractivity (Wildman–Crippen MR) is 101 cm³/mol. The number of hydrogen-bond donors (Lipinski definition) is 1. The highest BCUT2D eigenvalue weighted by Gasteiger charge is 2.16. The number of nitrogens with zero attached hydrogens (tertiary/aromatic N) is 2. The maximum Gasteiger partial charge on any atom is 0.257 e. The van der Waals surface area contributed by atoms with Gasteiger partial charge in [-0.15, -0.1) is 11.8 Å². The monoisotopic (exact) mass is 373 g/mol. The molecule has 0 aliphatic heterocycles. The first kappa shape index (κ1) is 17.7. The Hall–Kier alpha value is -2.12. The summed E-state index contributed by atoms with van der Waals surface area (Å²) in [5.41, 5.74) is 1.60. The molecule has 0 aliphatic carbocycles. The molecule has 0 fully saturated rings. The number of thioether (sulfide) groups is 1. The predicted octanol–water partition coefficient (Wildman–Crippen LogP) is 5.11. The molecular weight excluding hydrogens is 354 g/mol. The first-order chi connectivity index (χ1) is 12.1. The van der Waals surface area contributed by atoms with Gasteiger partial charge in [0, 0.05) is 12.0 Å². The number of rotatable bonds is 6. The van der Waals surface area contributed by atoms with Crippen molar-refractivity contribution in [3.8, 4) is 0 Å². The van der Waals surface area contributed by atoms with E-state index in [4.69, 9.17) is 4.42 Å². The third kappa shape index (κ3) is 4.29. The van der Waals surface area contributed by atoms with Gasteiger partial charge in [0.05, 0.1) is 21.9 Å². The summed E-state index contributed by atoms with van der Waals surface area (Å²) in [5.74, 6) is 1.45. The van der Waals surface area contributed by atoms with Gasteiger partial charge in [0.25, 0.3) is 5.91 Å². The number of thiazole rings is 1. The molecule has 1 amide bonds. The molecular formula is C18H19N3O2S2. The van der Waals surface area contributed by atoms with Gasteiger partial charge in [0.1, 0.15) is 5.76 Å². The van der Waals surface area contributed by atoms with Crippen molar-refractivity contribution in [2.75, 3.05) is 5.32 Å². The molecule has 1 aromatic carbocycles. The minimum Gasteiger partial charge on any atom is -0.445 e. The second-order valence-corrected chi connectivity index (χ2v) is 8.20. The highest BCUT2D eigenvalue weighted by Crippen LogP contribution is 2.38. The molecule has 2 aromatic heterocycles. The number of carbonyl (C=O) groups is 1. The minimum absolute atomic E-state index is 0.0840. The van der Waals surface area contributed by atoms with Crippen molar-refractivity contribution in [2.45, 2.75) is 36.7 Å².